The molecule has 0 aromatic heterocycles. The number of aliphatic hydroxyl groups is 6. The molecular weight excluding hydrogens is 792 g/mol. The summed E-state index contributed by atoms with van der Waals surface area (Å²) in [6.07, 6.45) is -13.1. The van der Waals surface area contributed by atoms with Gasteiger partial charge in [-0.1, -0.05) is 91.9 Å². The van der Waals surface area contributed by atoms with Gasteiger partial charge in [0.25, 0.3) is 0 Å². The average molecular weight is 846 g/mol. The molecule has 0 spiro atoms. The predicted octanol–water partition coefficient (Wildman–Crippen LogP) is 0.761. The third-order valence-electron chi connectivity index (χ3n) is 10.8. The van der Waals surface area contributed by atoms with E-state index in [1.165, 1.54) is 12.1 Å². The lowest BCUT2D eigenvalue weighted by Crippen LogP contribution is -2.65. The zero-order valence-electron chi connectivity index (χ0n) is 33.5. The van der Waals surface area contributed by atoms with Crippen molar-refractivity contribution in [1.82, 2.24) is 5.32 Å². The SMILES string of the molecule is CC(c1ccccc1)C(N)C(=O)NC([C]=O)Cc1ccc(OC2OC(CO)C(OC3OC(CO)C(O)C(OCc4ccc(OCc5ccccc5)cc4)C3O)C(O)C2O)cc1. The van der Waals surface area contributed by atoms with Crippen LogP contribution in [0.4, 0.5) is 0 Å². The minimum absolute atomic E-state index is 0.0499. The number of hydrogen-bond donors (Lipinski definition) is 8. The largest absolute Gasteiger partial charge is 0.489 e. The molecule has 16 nitrogen and oxygen atoms in total. The summed E-state index contributed by atoms with van der Waals surface area (Å²) >= 11 is 0. The molecule has 1 amide bonds. The van der Waals surface area contributed by atoms with Gasteiger partial charge in [0.15, 0.2) is 6.29 Å². The van der Waals surface area contributed by atoms with Gasteiger partial charge in [0.1, 0.15) is 66.9 Å². The van der Waals surface area contributed by atoms with Crippen molar-refractivity contribution < 1.29 is 68.6 Å². The molecule has 13 atom stereocenters. The van der Waals surface area contributed by atoms with Crippen molar-refractivity contribution in [3.63, 3.8) is 0 Å². The predicted molar refractivity (Wildman–Crippen MR) is 217 cm³/mol. The topological polar surface area (TPSA) is 249 Å². The summed E-state index contributed by atoms with van der Waals surface area (Å²) in [6, 6.07) is 30.5. The number of amides is 1. The fraction of sp³-hybridized carbons (Fsp3) is 0.422. The van der Waals surface area contributed by atoms with Crippen LogP contribution in [0.15, 0.2) is 109 Å². The van der Waals surface area contributed by atoms with E-state index in [2.05, 4.69) is 5.32 Å². The molecule has 2 fully saturated rings. The summed E-state index contributed by atoms with van der Waals surface area (Å²) in [5, 5.41) is 67.3. The Kier molecular flexibility index (Phi) is 16.3. The molecule has 0 aliphatic carbocycles. The standard InChI is InChI=1S/C45H53N2O14/c1-26(30-10-6-3-7-11-30)36(46)43(55)47-31(21-48)20-27-12-18-33(19-13-27)58-44-39(53)38(52)41(35(23-50)60-44)61-45-40(54)42(37(51)34(22-49)59-45)57-25-29-14-16-32(17-15-29)56-24-28-8-4-2-5-9-28/h2-19,26,31,34-42,44-45,49-54H,20,22-25,46H2,1H3,(H,47,55). The minimum Gasteiger partial charge on any atom is -0.489 e. The molecule has 2 saturated heterocycles. The minimum atomic E-state index is -1.74. The van der Waals surface area contributed by atoms with Crippen molar-refractivity contribution in [2.45, 2.75) is 106 Å². The second-order valence-electron chi connectivity index (χ2n) is 15.1. The van der Waals surface area contributed by atoms with E-state index in [1.54, 1.807) is 36.4 Å². The first-order valence-electron chi connectivity index (χ1n) is 20.0. The monoisotopic (exact) mass is 845 g/mol. The zero-order valence-corrected chi connectivity index (χ0v) is 33.5. The van der Waals surface area contributed by atoms with E-state index in [-0.39, 0.29) is 24.7 Å². The molecule has 1 radical (unpaired) electrons. The van der Waals surface area contributed by atoms with Crippen molar-refractivity contribution in [3.05, 3.63) is 131 Å². The Morgan fingerprint density at radius 1 is 0.705 bits per heavy atom. The van der Waals surface area contributed by atoms with Crippen LogP contribution < -0.4 is 20.5 Å². The summed E-state index contributed by atoms with van der Waals surface area (Å²) in [4.78, 5) is 24.7. The maximum absolute atomic E-state index is 12.9. The molecule has 4 aromatic rings. The zero-order chi connectivity index (χ0) is 43.5. The Labute approximate surface area is 353 Å². The molecule has 13 unspecified atom stereocenters. The maximum atomic E-state index is 12.9. The highest BCUT2D eigenvalue weighted by Crippen LogP contribution is 2.32. The van der Waals surface area contributed by atoms with Gasteiger partial charge in [-0.15, -0.1) is 0 Å². The first-order chi connectivity index (χ1) is 29.5. The fourth-order valence-corrected chi connectivity index (χ4v) is 7.11. The van der Waals surface area contributed by atoms with Crippen LogP contribution in [0, 0.1) is 0 Å². The van der Waals surface area contributed by atoms with E-state index in [0.717, 1.165) is 11.1 Å². The molecular formula is C45H53N2O14. The normalized spacial score (nSPS) is 27.9. The van der Waals surface area contributed by atoms with Gasteiger partial charge in [-0.05, 0) is 46.5 Å². The Bertz CT molecular complexity index is 1940. The number of benzene rings is 4. The number of carbonyl (C=O) groups is 1. The van der Waals surface area contributed by atoms with Gasteiger partial charge in [-0.3, -0.25) is 9.59 Å². The van der Waals surface area contributed by atoms with Crippen LogP contribution in [0.3, 0.4) is 0 Å². The molecule has 61 heavy (non-hydrogen) atoms. The maximum Gasteiger partial charge on any atom is 0.238 e. The van der Waals surface area contributed by atoms with Crippen LogP contribution in [0.25, 0.3) is 0 Å². The number of hydrogen-bond acceptors (Lipinski definition) is 15. The highest BCUT2D eigenvalue weighted by molar-refractivity contribution is 5.85. The highest BCUT2D eigenvalue weighted by Gasteiger charge is 2.51. The molecule has 2 heterocycles. The smallest absolute Gasteiger partial charge is 0.238 e. The van der Waals surface area contributed by atoms with Crippen molar-refractivity contribution in [2.75, 3.05) is 13.2 Å². The van der Waals surface area contributed by atoms with Crippen LogP contribution in [-0.2, 0) is 48.2 Å². The van der Waals surface area contributed by atoms with Crippen LogP contribution >= 0.6 is 0 Å². The Morgan fingerprint density at radius 3 is 1.93 bits per heavy atom. The van der Waals surface area contributed by atoms with Gasteiger partial charge in [-0.25, -0.2) is 0 Å². The van der Waals surface area contributed by atoms with Crippen molar-refractivity contribution >= 4 is 12.2 Å². The van der Waals surface area contributed by atoms with E-state index >= 15 is 0 Å². The molecule has 9 N–H and O–H groups in total. The Balaban J connectivity index is 1.01. The fourth-order valence-electron chi connectivity index (χ4n) is 7.11. The number of nitrogens with one attached hydrogen (secondary N) is 1. The number of carbonyl (C=O) groups excluding carboxylic acids is 2. The van der Waals surface area contributed by atoms with E-state index in [4.69, 9.17) is 34.2 Å². The molecule has 2 aliphatic heterocycles. The summed E-state index contributed by atoms with van der Waals surface area (Å²) in [7, 11) is 0. The van der Waals surface area contributed by atoms with Gasteiger partial charge in [0.05, 0.1) is 31.9 Å². The van der Waals surface area contributed by atoms with Crippen molar-refractivity contribution in [3.8, 4) is 11.5 Å². The number of rotatable bonds is 19. The molecule has 4 aromatic carbocycles. The Morgan fingerprint density at radius 2 is 1.30 bits per heavy atom. The van der Waals surface area contributed by atoms with Gasteiger partial charge >= 0.3 is 0 Å². The van der Waals surface area contributed by atoms with Gasteiger partial charge in [-0.2, -0.15) is 0 Å². The third kappa shape index (κ3) is 11.8. The summed E-state index contributed by atoms with van der Waals surface area (Å²) in [5.41, 5.74) is 9.42. The molecule has 16 heteroatoms. The van der Waals surface area contributed by atoms with Gasteiger partial charge in [0.2, 0.25) is 18.5 Å². The quantitative estimate of drug-likeness (QED) is 0.0649. The molecule has 6 rings (SSSR count). The van der Waals surface area contributed by atoms with Gasteiger partial charge < -0.3 is 70.1 Å². The van der Waals surface area contributed by atoms with E-state index in [9.17, 15) is 40.2 Å². The lowest BCUT2D eigenvalue weighted by Gasteiger charge is -2.46. The first kappa shape index (κ1) is 45.7. The molecule has 0 saturated carbocycles. The highest BCUT2D eigenvalue weighted by atomic mass is 16.7. The average Bonchev–Trinajstić information content (AvgIpc) is 3.29. The summed E-state index contributed by atoms with van der Waals surface area (Å²) in [5.74, 6) is 0.0295. The van der Waals surface area contributed by atoms with E-state index in [0.29, 0.717) is 23.5 Å². The van der Waals surface area contributed by atoms with E-state index < -0.39 is 92.6 Å². The van der Waals surface area contributed by atoms with Crippen LogP contribution in [0.1, 0.15) is 35.1 Å². The number of aliphatic hydroxyl groups excluding tert-OH is 6. The lowest BCUT2D eigenvalue weighted by molar-refractivity contribution is -0.355. The van der Waals surface area contributed by atoms with Gasteiger partial charge in [0, 0.05) is 12.3 Å². The van der Waals surface area contributed by atoms with Crippen LogP contribution in [0.2, 0.25) is 0 Å². The lowest BCUT2D eigenvalue weighted by atomic mass is 9.93. The van der Waals surface area contributed by atoms with Crippen molar-refractivity contribution in [2.24, 2.45) is 5.73 Å². The van der Waals surface area contributed by atoms with Crippen molar-refractivity contribution in [1.29, 1.82) is 0 Å². The second kappa shape index (κ2) is 21.8. The van der Waals surface area contributed by atoms with E-state index in [1.807, 2.05) is 73.9 Å². The summed E-state index contributed by atoms with van der Waals surface area (Å²) < 4.78 is 34.9. The summed E-state index contributed by atoms with van der Waals surface area (Å²) in [6.45, 7) is 0.781. The number of ether oxygens (including phenoxy) is 6. The Hall–Kier alpha value is -4.82. The molecule has 0 bridgehead atoms. The molecule has 2 aliphatic rings. The van der Waals surface area contributed by atoms with Crippen LogP contribution in [-0.4, -0.2) is 130 Å². The third-order valence-corrected chi connectivity index (χ3v) is 10.8. The number of nitrogens with two attached hydrogens (primary N) is 1. The first-order valence-corrected chi connectivity index (χ1v) is 20.0. The second-order valence-corrected chi connectivity index (χ2v) is 15.1. The van der Waals surface area contributed by atoms with Crippen LogP contribution in [0.5, 0.6) is 11.5 Å². The molecule has 327 valence electrons.